The molecule has 1 heterocycles. The molecule has 1 amide bonds. The van der Waals surface area contributed by atoms with Gasteiger partial charge in [-0.3, -0.25) is 4.79 Å². The third-order valence-electron chi connectivity index (χ3n) is 4.17. The number of hydrazone groups is 1. The Hall–Kier alpha value is -3.99. The molecule has 28 heavy (non-hydrogen) atoms. The number of hydrogen-bond acceptors (Lipinski definition) is 3. The predicted octanol–water partition coefficient (Wildman–Crippen LogP) is 4.50. The zero-order chi connectivity index (χ0) is 19.2. The lowest BCUT2D eigenvalue weighted by Crippen LogP contribution is -2.17. The second kappa shape index (κ2) is 8.14. The summed E-state index contributed by atoms with van der Waals surface area (Å²) in [6, 6.07) is 24.9. The molecule has 0 unspecified atom stereocenters. The fourth-order valence-corrected chi connectivity index (χ4v) is 2.76. The fraction of sp³-hybridized carbons (Fsp3) is 0. The quantitative estimate of drug-likeness (QED) is 0.403. The van der Waals surface area contributed by atoms with Crippen molar-refractivity contribution in [3.05, 3.63) is 101 Å². The maximum atomic E-state index is 12.3. The largest absolute Gasteiger partial charge is 0.338 e. The van der Waals surface area contributed by atoms with Crippen LogP contribution in [0.5, 0.6) is 0 Å². The number of H-pyrrole nitrogens is 1. The number of aromatic nitrogens is 2. The molecular formula is C23H18N4O. The van der Waals surface area contributed by atoms with Crippen LogP contribution in [0.25, 0.3) is 23.2 Å². The number of aromatic amines is 1. The Balaban J connectivity index is 1.47. The monoisotopic (exact) mass is 366 g/mol. The van der Waals surface area contributed by atoms with E-state index in [9.17, 15) is 4.79 Å². The van der Waals surface area contributed by atoms with Gasteiger partial charge in [-0.2, -0.15) is 5.10 Å². The van der Waals surface area contributed by atoms with Crippen molar-refractivity contribution in [1.82, 2.24) is 15.4 Å². The second-order valence-corrected chi connectivity index (χ2v) is 6.21. The number of amides is 1. The topological polar surface area (TPSA) is 70.1 Å². The van der Waals surface area contributed by atoms with Crippen molar-refractivity contribution < 1.29 is 4.79 Å². The van der Waals surface area contributed by atoms with E-state index < -0.39 is 0 Å². The van der Waals surface area contributed by atoms with E-state index in [1.165, 1.54) is 0 Å². The molecule has 0 fully saturated rings. The van der Waals surface area contributed by atoms with Crippen LogP contribution in [0.3, 0.4) is 0 Å². The van der Waals surface area contributed by atoms with E-state index in [2.05, 4.69) is 20.5 Å². The van der Waals surface area contributed by atoms with Gasteiger partial charge in [0.05, 0.1) is 17.2 Å². The van der Waals surface area contributed by atoms with Gasteiger partial charge in [-0.15, -0.1) is 0 Å². The molecule has 0 aliphatic rings. The normalized spacial score (nSPS) is 11.4. The third kappa shape index (κ3) is 4.22. The van der Waals surface area contributed by atoms with E-state index >= 15 is 0 Å². The van der Waals surface area contributed by atoms with E-state index in [0.29, 0.717) is 5.56 Å². The van der Waals surface area contributed by atoms with E-state index in [4.69, 9.17) is 0 Å². The molecule has 0 bridgehead atoms. The van der Waals surface area contributed by atoms with Crippen LogP contribution in [-0.2, 0) is 0 Å². The smallest absolute Gasteiger partial charge is 0.271 e. The summed E-state index contributed by atoms with van der Waals surface area (Å²) in [6.07, 6.45) is 5.52. The van der Waals surface area contributed by atoms with Crippen LogP contribution >= 0.6 is 0 Å². The molecule has 0 aliphatic heterocycles. The third-order valence-corrected chi connectivity index (χ3v) is 4.17. The molecule has 0 saturated carbocycles. The Kier molecular flexibility index (Phi) is 5.06. The highest BCUT2D eigenvalue weighted by Crippen LogP contribution is 2.15. The van der Waals surface area contributed by atoms with Crippen molar-refractivity contribution in [2.75, 3.05) is 0 Å². The van der Waals surface area contributed by atoms with Crippen molar-refractivity contribution >= 4 is 35.3 Å². The highest BCUT2D eigenvalue weighted by molar-refractivity contribution is 5.98. The minimum Gasteiger partial charge on any atom is -0.338 e. The molecule has 2 N–H and O–H groups in total. The molecule has 0 aliphatic carbocycles. The van der Waals surface area contributed by atoms with Crippen LogP contribution in [-0.4, -0.2) is 22.1 Å². The zero-order valence-corrected chi connectivity index (χ0v) is 15.0. The van der Waals surface area contributed by atoms with Crippen molar-refractivity contribution in [3.8, 4) is 0 Å². The number of carbonyl (C=O) groups excluding carboxylic acids is 1. The molecule has 5 heteroatoms. The minimum atomic E-state index is -0.273. The molecule has 4 aromatic rings. The first-order valence-electron chi connectivity index (χ1n) is 8.89. The van der Waals surface area contributed by atoms with Crippen molar-refractivity contribution in [3.63, 3.8) is 0 Å². The summed E-state index contributed by atoms with van der Waals surface area (Å²) in [5.74, 6) is 0.462. The van der Waals surface area contributed by atoms with Gasteiger partial charge >= 0.3 is 0 Å². The summed E-state index contributed by atoms with van der Waals surface area (Å²) in [5.41, 5.74) is 6.68. The second-order valence-electron chi connectivity index (χ2n) is 6.21. The Morgan fingerprint density at radius 1 is 0.893 bits per heavy atom. The molecule has 4 rings (SSSR count). The van der Waals surface area contributed by atoms with Gasteiger partial charge in [0.15, 0.2) is 0 Å². The number of nitrogens with zero attached hydrogens (tertiary/aromatic N) is 2. The number of imidazole rings is 1. The van der Waals surface area contributed by atoms with Crippen LogP contribution in [0.1, 0.15) is 27.3 Å². The lowest BCUT2D eigenvalue weighted by molar-refractivity contribution is 0.0955. The predicted molar refractivity (Wildman–Crippen MR) is 113 cm³/mol. The van der Waals surface area contributed by atoms with Gasteiger partial charge in [-0.05, 0) is 35.4 Å². The van der Waals surface area contributed by atoms with Crippen LogP contribution in [0.15, 0.2) is 84.0 Å². The lowest BCUT2D eigenvalue weighted by Gasteiger charge is -1.99. The summed E-state index contributed by atoms with van der Waals surface area (Å²) in [7, 11) is 0. The number of nitrogens with one attached hydrogen (secondary N) is 2. The highest BCUT2D eigenvalue weighted by Gasteiger charge is 2.07. The number of rotatable bonds is 5. The SMILES string of the molecule is O=C(N/N=C/c1ccccc1)c1ccc2nc(/C=C/c3ccccc3)[nH]c2c1. The standard InChI is InChI=1S/C23H18N4O/c28-23(27-24-16-18-9-5-2-6-10-18)19-12-13-20-21(15-19)26-22(25-20)14-11-17-7-3-1-4-8-17/h1-16H,(H,25,26)(H,27,28)/b14-11+,24-16+. The minimum absolute atomic E-state index is 0.273. The first kappa shape index (κ1) is 17.4. The zero-order valence-electron chi connectivity index (χ0n) is 15.0. The van der Waals surface area contributed by atoms with Gasteiger partial charge in [-0.1, -0.05) is 66.7 Å². The lowest BCUT2D eigenvalue weighted by atomic mass is 10.2. The number of fused-ring (bicyclic) bond motifs is 1. The molecule has 1 aromatic heterocycles. The first-order chi connectivity index (χ1) is 13.8. The molecule has 0 spiro atoms. The molecule has 0 saturated heterocycles. The van der Waals surface area contributed by atoms with Crippen LogP contribution in [0.4, 0.5) is 0 Å². The van der Waals surface area contributed by atoms with Crippen molar-refractivity contribution in [2.24, 2.45) is 5.10 Å². The van der Waals surface area contributed by atoms with Crippen LogP contribution in [0, 0.1) is 0 Å². The van der Waals surface area contributed by atoms with Crippen LogP contribution < -0.4 is 5.43 Å². The molecule has 136 valence electrons. The number of carbonyl (C=O) groups is 1. The maximum absolute atomic E-state index is 12.3. The molecule has 0 atom stereocenters. The van der Waals surface area contributed by atoms with Gasteiger partial charge < -0.3 is 4.98 Å². The number of benzene rings is 3. The Morgan fingerprint density at radius 2 is 1.61 bits per heavy atom. The molecule has 0 radical (unpaired) electrons. The maximum Gasteiger partial charge on any atom is 0.271 e. The van der Waals surface area contributed by atoms with Crippen molar-refractivity contribution in [2.45, 2.75) is 0 Å². The average Bonchev–Trinajstić information content (AvgIpc) is 3.16. The molecule has 5 nitrogen and oxygen atoms in total. The van der Waals surface area contributed by atoms with E-state index in [0.717, 1.165) is 28.0 Å². The fourth-order valence-electron chi connectivity index (χ4n) is 2.76. The summed E-state index contributed by atoms with van der Waals surface area (Å²) in [5, 5.41) is 4.00. The van der Waals surface area contributed by atoms with Gasteiger partial charge in [0.25, 0.3) is 5.91 Å². The molecular weight excluding hydrogens is 348 g/mol. The summed E-state index contributed by atoms with van der Waals surface area (Å²) < 4.78 is 0. The highest BCUT2D eigenvalue weighted by atomic mass is 16.2. The molecule has 3 aromatic carbocycles. The van der Waals surface area contributed by atoms with Crippen LogP contribution in [0.2, 0.25) is 0 Å². The summed E-state index contributed by atoms with van der Waals surface area (Å²) in [4.78, 5) is 20.1. The average molecular weight is 366 g/mol. The first-order valence-corrected chi connectivity index (χ1v) is 8.89. The Morgan fingerprint density at radius 3 is 2.36 bits per heavy atom. The Bertz CT molecular complexity index is 1150. The Labute approximate surface area is 162 Å². The van der Waals surface area contributed by atoms with Crippen molar-refractivity contribution in [1.29, 1.82) is 0 Å². The van der Waals surface area contributed by atoms with Gasteiger partial charge in [-0.25, -0.2) is 10.4 Å². The summed E-state index contributed by atoms with van der Waals surface area (Å²) in [6.45, 7) is 0. The van der Waals surface area contributed by atoms with E-state index in [-0.39, 0.29) is 5.91 Å². The van der Waals surface area contributed by atoms with Gasteiger partial charge in [0, 0.05) is 5.56 Å². The van der Waals surface area contributed by atoms with Gasteiger partial charge in [0.1, 0.15) is 5.82 Å². The van der Waals surface area contributed by atoms with Gasteiger partial charge in [0.2, 0.25) is 0 Å². The summed E-state index contributed by atoms with van der Waals surface area (Å²) >= 11 is 0. The number of hydrogen-bond donors (Lipinski definition) is 2. The van der Waals surface area contributed by atoms with E-state index in [1.807, 2.05) is 78.9 Å². The van der Waals surface area contributed by atoms with E-state index in [1.54, 1.807) is 18.3 Å².